The van der Waals surface area contributed by atoms with Gasteiger partial charge in [0.15, 0.2) is 0 Å². The lowest BCUT2D eigenvalue weighted by atomic mass is 9.97. The summed E-state index contributed by atoms with van der Waals surface area (Å²) in [5, 5.41) is -0.379. The van der Waals surface area contributed by atoms with Crippen LogP contribution in [0.3, 0.4) is 0 Å². The average Bonchev–Trinajstić information content (AvgIpc) is 2.16. The molecule has 0 N–H and O–H groups in total. The number of hydrogen-bond donors (Lipinski definition) is 0. The van der Waals surface area contributed by atoms with E-state index in [1.54, 1.807) is 13.8 Å². The molecule has 0 aromatic heterocycles. The zero-order valence-electron chi connectivity index (χ0n) is 9.21. The largest absolute Gasteiger partial charge is 0.492 e. The van der Waals surface area contributed by atoms with Crippen LogP contribution in [0.15, 0.2) is 24.3 Å². The van der Waals surface area contributed by atoms with Crippen LogP contribution in [-0.4, -0.2) is 11.8 Å². The van der Waals surface area contributed by atoms with Crippen LogP contribution >= 0.6 is 11.6 Å². The predicted molar refractivity (Wildman–Crippen MR) is 61.3 cm³/mol. The summed E-state index contributed by atoms with van der Waals surface area (Å²) >= 11 is 5.46. The Morgan fingerprint density at radius 3 is 2.53 bits per heavy atom. The lowest BCUT2D eigenvalue weighted by molar-refractivity contribution is -0.120. The summed E-state index contributed by atoms with van der Waals surface area (Å²) in [5.41, 5.74) is 0.402. The molecule has 2 nitrogen and oxygen atoms in total. The molecule has 1 aromatic rings. The number of para-hydroxylation sites is 1. The van der Waals surface area contributed by atoms with Crippen LogP contribution in [-0.2, 0) is 4.79 Å². The van der Waals surface area contributed by atoms with Gasteiger partial charge in [-0.15, -0.1) is 0 Å². The quantitative estimate of drug-likeness (QED) is 0.738. The molecule has 0 atom stereocenters. The monoisotopic (exact) mass is 226 g/mol. The molecule has 0 aliphatic carbocycles. The standard InChI is InChI=1S/C12H15ClO2/c1-9-6-4-5-7-10(9)15-8-12(2,3)11(13)14/h4-7H,8H2,1-3H3. The Balaban J connectivity index is 2.66. The van der Waals surface area contributed by atoms with Crippen molar-refractivity contribution in [2.45, 2.75) is 20.8 Å². The first-order chi connectivity index (χ1) is 6.93. The van der Waals surface area contributed by atoms with E-state index in [2.05, 4.69) is 0 Å². The highest BCUT2D eigenvalue weighted by Gasteiger charge is 2.26. The molecule has 0 aliphatic heterocycles. The van der Waals surface area contributed by atoms with Crippen molar-refractivity contribution in [2.75, 3.05) is 6.61 Å². The number of aryl methyl sites for hydroxylation is 1. The van der Waals surface area contributed by atoms with Gasteiger partial charge >= 0.3 is 0 Å². The lowest BCUT2D eigenvalue weighted by Crippen LogP contribution is -2.27. The third kappa shape index (κ3) is 3.24. The molecular weight excluding hydrogens is 212 g/mol. The SMILES string of the molecule is Cc1ccccc1OCC(C)(C)C(=O)Cl. The highest BCUT2D eigenvalue weighted by atomic mass is 35.5. The van der Waals surface area contributed by atoms with Gasteiger partial charge in [0.25, 0.3) is 0 Å². The molecule has 0 heterocycles. The van der Waals surface area contributed by atoms with Gasteiger partial charge in [-0.25, -0.2) is 0 Å². The van der Waals surface area contributed by atoms with Crippen LogP contribution < -0.4 is 4.74 Å². The lowest BCUT2D eigenvalue weighted by Gasteiger charge is -2.20. The second-order valence-electron chi connectivity index (χ2n) is 4.21. The molecule has 0 unspecified atom stereocenters. The molecule has 0 radical (unpaired) electrons. The summed E-state index contributed by atoms with van der Waals surface area (Å²) < 4.78 is 5.56. The molecule has 0 saturated heterocycles. The zero-order chi connectivity index (χ0) is 11.5. The fourth-order valence-electron chi connectivity index (χ4n) is 1.03. The van der Waals surface area contributed by atoms with E-state index in [1.807, 2.05) is 31.2 Å². The topological polar surface area (TPSA) is 26.3 Å². The van der Waals surface area contributed by atoms with Crippen molar-refractivity contribution in [1.29, 1.82) is 0 Å². The van der Waals surface area contributed by atoms with Crippen molar-refractivity contribution in [3.8, 4) is 5.75 Å². The maximum atomic E-state index is 11.1. The fraction of sp³-hybridized carbons (Fsp3) is 0.417. The molecule has 0 aliphatic rings. The number of halogens is 1. The van der Waals surface area contributed by atoms with E-state index in [4.69, 9.17) is 16.3 Å². The smallest absolute Gasteiger partial charge is 0.230 e. The Labute approximate surface area is 95.2 Å². The second kappa shape index (κ2) is 4.67. The Kier molecular flexibility index (Phi) is 3.75. The predicted octanol–water partition coefficient (Wildman–Crippen LogP) is 3.17. The van der Waals surface area contributed by atoms with Gasteiger partial charge in [0.2, 0.25) is 5.24 Å². The summed E-state index contributed by atoms with van der Waals surface area (Å²) in [4.78, 5) is 11.1. The Morgan fingerprint density at radius 2 is 2.00 bits per heavy atom. The molecule has 15 heavy (non-hydrogen) atoms. The maximum Gasteiger partial charge on any atom is 0.230 e. The minimum Gasteiger partial charge on any atom is -0.492 e. The van der Waals surface area contributed by atoms with Crippen LogP contribution in [0.25, 0.3) is 0 Å². The Morgan fingerprint density at radius 1 is 1.40 bits per heavy atom. The molecule has 1 rings (SSSR count). The van der Waals surface area contributed by atoms with Crippen LogP contribution in [0.2, 0.25) is 0 Å². The van der Waals surface area contributed by atoms with E-state index in [-0.39, 0.29) is 5.24 Å². The third-order valence-electron chi connectivity index (χ3n) is 2.21. The van der Waals surface area contributed by atoms with E-state index >= 15 is 0 Å². The van der Waals surface area contributed by atoms with Crippen molar-refractivity contribution >= 4 is 16.8 Å². The molecule has 0 saturated carbocycles. The second-order valence-corrected chi connectivity index (χ2v) is 4.56. The van der Waals surface area contributed by atoms with Gasteiger partial charge in [-0.1, -0.05) is 18.2 Å². The molecule has 0 spiro atoms. The number of carbonyl (C=O) groups is 1. The number of benzene rings is 1. The van der Waals surface area contributed by atoms with Crippen molar-refractivity contribution in [2.24, 2.45) is 5.41 Å². The summed E-state index contributed by atoms with van der Waals surface area (Å²) in [7, 11) is 0. The highest BCUT2D eigenvalue weighted by molar-refractivity contribution is 6.64. The van der Waals surface area contributed by atoms with Crippen LogP contribution in [0.5, 0.6) is 5.75 Å². The summed E-state index contributed by atoms with van der Waals surface area (Å²) in [6.07, 6.45) is 0. The van der Waals surface area contributed by atoms with Gasteiger partial charge in [0, 0.05) is 0 Å². The molecule has 0 fully saturated rings. The first kappa shape index (κ1) is 12.1. The van der Waals surface area contributed by atoms with E-state index < -0.39 is 5.41 Å². The third-order valence-corrected chi connectivity index (χ3v) is 2.73. The highest BCUT2D eigenvalue weighted by Crippen LogP contribution is 2.23. The summed E-state index contributed by atoms with van der Waals surface area (Å²) in [5.74, 6) is 0.795. The molecular formula is C12H15ClO2. The van der Waals surface area contributed by atoms with Crippen molar-refractivity contribution in [3.63, 3.8) is 0 Å². The minimum atomic E-state index is -0.649. The van der Waals surface area contributed by atoms with Gasteiger partial charge in [-0.05, 0) is 44.0 Å². The zero-order valence-corrected chi connectivity index (χ0v) is 9.97. The summed E-state index contributed by atoms with van der Waals surface area (Å²) in [6, 6.07) is 7.69. The number of ether oxygens (including phenoxy) is 1. The molecule has 0 amide bonds. The molecule has 82 valence electrons. The average molecular weight is 227 g/mol. The van der Waals surface area contributed by atoms with Gasteiger partial charge in [-0.2, -0.15) is 0 Å². The first-order valence-corrected chi connectivity index (χ1v) is 5.19. The summed E-state index contributed by atoms with van der Waals surface area (Å²) in [6.45, 7) is 5.78. The van der Waals surface area contributed by atoms with Gasteiger partial charge in [-0.3, -0.25) is 4.79 Å². The van der Waals surface area contributed by atoms with Crippen LogP contribution in [0.4, 0.5) is 0 Å². The minimum absolute atomic E-state index is 0.292. The normalized spacial score (nSPS) is 11.2. The van der Waals surface area contributed by atoms with Crippen molar-refractivity contribution < 1.29 is 9.53 Å². The number of hydrogen-bond acceptors (Lipinski definition) is 2. The Bertz CT molecular complexity index is 358. The van der Waals surface area contributed by atoms with Gasteiger partial charge < -0.3 is 4.74 Å². The molecule has 0 bridgehead atoms. The maximum absolute atomic E-state index is 11.1. The van der Waals surface area contributed by atoms with E-state index in [1.165, 1.54) is 0 Å². The van der Waals surface area contributed by atoms with Gasteiger partial charge in [0.05, 0.1) is 5.41 Å². The van der Waals surface area contributed by atoms with Gasteiger partial charge in [0.1, 0.15) is 12.4 Å². The van der Waals surface area contributed by atoms with Crippen LogP contribution in [0, 0.1) is 12.3 Å². The van der Waals surface area contributed by atoms with Crippen molar-refractivity contribution in [1.82, 2.24) is 0 Å². The Hall–Kier alpha value is -1.02. The number of carbonyl (C=O) groups excluding carboxylic acids is 1. The fourth-order valence-corrected chi connectivity index (χ4v) is 1.09. The first-order valence-electron chi connectivity index (χ1n) is 4.82. The van der Waals surface area contributed by atoms with E-state index in [0.717, 1.165) is 11.3 Å². The number of rotatable bonds is 4. The molecule has 3 heteroatoms. The van der Waals surface area contributed by atoms with Crippen molar-refractivity contribution in [3.05, 3.63) is 29.8 Å². The van der Waals surface area contributed by atoms with E-state index in [0.29, 0.717) is 6.61 Å². The molecule has 1 aromatic carbocycles. The van der Waals surface area contributed by atoms with E-state index in [9.17, 15) is 4.79 Å². The van der Waals surface area contributed by atoms with Crippen LogP contribution in [0.1, 0.15) is 19.4 Å².